The van der Waals surface area contributed by atoms with Crippen LogP contribution < -0.4 is 14.8 Å². The quantitative estimate of drug-likeness (QED) is 0.309. The van der Waals surface area contributed by atoms with Crippen molar-refractivity contribution in [3.8, 4) is 28.4 Å². The number of carboxylic acid groups (broad SMARTS) is 1. The molecule has 0 saturated carbocycles. The summed E-state index contributed by atoms with van der Waals surface area (Å²) in [5, 5.41) is 17.5. The molecule has 0 bridgehead atoms. The summed E-state index contributed by atoms with van der Waals surface area (Å²) in [6.45, 7) is -0.468. The summed E-state index contributed by atoms with van der Waals surface area (Å²) in [5.41, 5.74) is 2.19. The molecule has 0 radical (unpaired) electrons. The Kier molecular flexibility index (Phi) is 7.77. The molecule has 0 aliphatic rings. The number of halogens is 2. The van der Waals surface area contributed by atoms with E-state index < -0.39 is 18.5 Å². The van der Waals surface area contributed by atoms with Gasteiger partial charge in [0.05, 0.1) is 17.8 Å². The zero-order valence-electron chi connectivity index (χ0n) is 19.1. The van der Waals surface area contributed by atoms with Crippen molar-refractivity contribution in [3.63, 3.8) is 0 Å². The van der Waals surface area contributed by atoms with Crippen molar-refractivity contribution in [2.75, 3.05) is 13.7 Å². The zero-order chi connectivity index (χ0) is 25.7. The molecule has 1 heterocycles. The molecule has 0 aliphatic heterocycles. The number of aromatic nitrogens is 2. The normalized spacial score (nSPS) is 10.6. The fourth-order valence-electron chi connectivity index (χ4n) is 3.49. The lowest BCUT2D eigenvalue weighted by atomic mass is 10.1. The predicted molar refractivity (Wildman–Crippen MR) is 136 cm³/mol. The molecule has 2 N–H and O–H groups in total. The highest BCUT2D eigenvalue weighted by molar-refractivity contribution is 6.32. The van der Waals surface area contributed by atoms with E-state index in [0.717, 1.165) is 5.56 Å². The lowest BCUT2D eigenvalue weighted by Crippen LogP contribution is -2.24. The van der Waals surface area contributed by atoms with Gasteiger partial charge in [-0.05, 0) is 42.0 Å². The fourth-order valence-corrected chi connectivity index (χ4v) is 3.83. The number of hydrogen-bond donors (Lipinski definition) is 2. The highest BCUT2D eigenvalue weighted by Crippen LogP contribution is 2.37. The van der Waals surface area contributed by atoms with Crippen LogP contribution in [0.5, 0.6) is 11.5 Å². The van der Waals surface area contributed by atoms with Gasteiger partial charge in [0.2, 0.25) is 0 Å². The van der Waals surface area contributed by atoms with Gasteiger partial charge >= 0.3 is 5.97 Å². The molecular weight excluding hydrogens is 505 g/mol. The maximum atomic E-state index is 13.3. The maximum Gasteiger partial charge on any atom is 0.341 e. The van der Waals surface area contributed by atoms with Crippen molar-refractivity contribution in [1.82, 2.24) is 15.1 Å². The van der Waals surface area contributed by atoms with Crippen LogP contribution in [0.2, 0.25) is 10.0 Å². The van der Waals surface area contributed by atoms with E-state index in [1.165, 1.54) is 4.68 Å². The van der Waals surface area contributed by atoms with Crippen molar-refractivity contribution < 1.29 is 24.2 Å². The van der Waals surface area contributed by atoms with Crippen LogP contribution in [0, 0.1) is 0 Å². The lowest BCUT2D eigenvalue weighted by molar-refractivity contribution is -0.139. The first-order valence-electron chi connectivity index (χ1n) is 10.8. The number of amides is 1. The van der Waals surface area contributed by atoms with Gasteiger partial charge < -0.3 is 19.9 Å². The number of carbonyl (C=O) groups is 2. The smallest absolute Gasteiger partial charge is 0.341 e. The van der Waals surface area contributed by atoms with E-state index in [1.807, 2.05) is 12.1 Å². The van der Waals surface area contributed by atoms with Gasteiger partial charge in [0, 0.05) is 17.1 Å². The summed E-state index contributed by atoms with van der Waals surface area (Å²) in [6, 6.07) is 21.0. The van der Waals surface area contributed by atoms with Gasteiger partial charge in [-0.1, -0.05) is 59.6 Å². The Hall–Kier alpha value is -4.01. The molecule has 10 heteroatoms. The first-order valence-corrected chi connectivity index (χ1v) is 11.5. The number of benzene rings is 3. The molecule has 3 aromatic carbocycles. The summed E-state index contributed by atoms with van der Waals surface area (Å²) in [4.78, 5) is 24.6. The van der Waals surface area contributed by atoms with Crippen LogP contribution >= 0.6 is 23.2 Å². The molecule has 4 rings (SSSR count). The summed E-state index contributed by atoms with van der Waals surface area (Å²) in [7, 11) is 1.57. The minimum atomic E-state index is -1.20. The Morgan fingerprint density at radius 3 is 2.33 bits per heavy atom. The third kappa shape index (κ3) is 5.62. The van der Waals surface area contributed by atoms with Crippen molar-refractivity contribution >= 4 is 35.1 Å². The van der Waals surface area contributed by atoms with Crippen LogP contribution in [0.3, 0.4) is 0 Å². The summed E-state index contributed by atoms with van der Waals surface area (Å²) >= 11 is 12.5. The largest absolute Gasteiger partial charge is 0.497 e. The van der Waals surface area contributed by atoms with Crippen molar-refractivity contribution in [2.24, 2.45) is 0 Å². The molecule has 1 amide bonds. The van der Waals surface area contributed by atoms with Crippen LogP contribution in [-0.4, -0.2) is 40.5 Å². The number of nitrogens with zero attached hydrogens (tertiary/aromatic N) is 2. The number of ether oxygens (including phenoxy) is 2. The molecule has 0 spiro atoms. The minimum Gasteiger partial charge on any atom is -0.497 e. The molecule has 184 valence electrons. The van der Waals surface area contributed by atoms with E-state index in [9.17, 15) is 14.7 Å². The van der Waals surface area contributed by atoms with E-state index >= 15 is 0 Å². The number of aliphatic carboxylic acids is 1. The molecule has 0 unspecified atom stereocenters. The fraction of sp³-hybridized carbons (Fsp3) is 0.115. The second-order valence-corrected chi connectivity index (χ2v) is 8.45. The third-order valence-electron chi connectivity index (χ3n) is 5.21. The number of para-hydroxylation sites is 1. The maximum absolute atomic E-state index is 13.3. The van der Waals surface area contributed by atoms with Crippen LogP contribution in [-0.2, 0) is 11.3 Å². The molecule has 0 fully saturated rings. The standard InChI is InChI=1S/C26H21Cl2N3O5/c1-35-19-12-6-16(7-13-19)14-29-26(34)23-25(36-15-22(32)33)24(17-8-10-18(27)11-9-17)31(30-23)21-5-3-2-4-20(21)28/h2-13H,14-15H2,1H3,(H,29,34)(H,32,33). The monoisotopic (exact) mass is 525 g/mol. The molecule has 0 atom stereocenters. The van der Waals surface area contributed by atoms with E-state index in [0.29, 0.717) is 32.7 Å². The molecule has 0 aliphatic carbocycles. The Labute approximate surface area is 217 Å². The third-order valence-corrected chi connectivity index (χ3v) is 5.78. The van der Waals surface area contributed by atoms with Gasteiger partial charge in [0.25, 0.3) is 5.91 Å². The van der Waals surface area contributed by atoms with E-state index in [1.54, 1.807) is 67.8 Å². The lowest BCUT2D eigenvalue weighted by Gasteiger charge is -2.11. The Bertz CT molecular complexity index is 1390. The topological polar surface area (TPSA) is 103 Å². The molecule has 4 aromatic rings. The van der Waals surface area contributed by atoms with Gasteiger partial charge in [-0.2, -0.15) is 5.10 Å². The first-order chi connectivity index (χ1) is 17.4. The number of methoxy groups -OCH3 is 1. The summed E-state index contributed by atoms with van der Waals surface area (Å²) in [6.07, 6.45) is 0. The van der Waals surface area contributed by atoms with E-state index in [2.05, 4.69) is 10.4 Å². The number of hydrogen-bond acceptors (Lipinski definition) is 5. The molecule has 0 saturated heterocycles. The average molecular weight is 526 g/mol. The van der Waals surface area contributed by atoms with Gasteiger partial charge in [0.15, 0.2) is 18.1 Å². The van der Waals surface area contributed by atoms with Crippen molar-refractivity contribution in [2.45, 2.75) is 6.54 Å². The number of rotatable bonds is 9. The number of carboxylic acids is 1. The highest BCUT2D eigenvalue weighted by Gasteiger charge is 2.28. The van der Waals surface area contributed by atoms with Crippen LogP contribution in [0.1, 0.15) is 16.1 Å². The molecule has 1 aromatic heterocycles. The van der Waals surface area contributed by atoms with Crippen LogP contribution in [0.4, 0.5) is 0 Å². The second kappa shape index (κ2) is 11.2. The van der Waals surface area contributed by atoms with Gasteiger partial charge in [-0.3, -0.25) is 4.79 Å². The molecule has 36 heavy (non-hydrogen) atoms. The second-order valence-electron chi connectivity index (χ2n) is 7.61. The Morgan fingerprint density at radius 2 is 1.69 bits per heavy atom. The highest BCUT2D eigenvalue weighted by atomic mass is 35.5. The SMILES string of the molecule is COc1ccc(CNC(=O)c2nn(-c3ccccc3Cl)c(-c3ccc(Cl)cc3)c2OCC(=O)O)cc1. The molecule has 8 nitrogen and oxygen atoms in total. The van der Waals surface area contributed by atoms with Gasteiger partial charge in [0.1, 0.15) is 11.4 Å². The number of nitrogens with one attached hydrogen (secondary N) is 1. The average Bonchev–Trinajstić information content (AvgIpc) is 3.26. The van der Waals surface area contributed by atoms with Crippen molar-refractivity contribution in [1.29, 1.82) is 0 Å². The van der Waals surface area contributed by atoms with Crippen LogP contribution in [0.25, 0.3) is 16.9 Å². The summed E-state index contributed by atoms with van der Waals surface area (Å²) in [5.74, 6) is -1.05. The molecular formula is C26H21Cl2N3O5. The van der Waals surface area contributed by atoms with E-state index in [-0.39, 0.29) is 18.0 Å². The Balaban J connectivity index is 1.79. The first kappa shape index (κ1) is 25.1. The van der Waals surface area contributed by atoms with Crippen LogP contribution in [0.15, 0.2) is 72.8 Å². The summed E-state index contributed by atoms with van der Waals surface area (Å²) < 4.78 is 12.2. The van der Waals surface area contributed by atoms with Gasteiger partial charge in [-0.15, -0.1) is 0 Å². The van der Waals surface area contributed by atoms with E-state index in [4.69, 9.17) is 32.7 Å². The minimum absolute atomic E-state index is 0.00636. The predicted octanol–water partition coefficient (Wildman–Crippen LogP) is 5.25. The van der Waals surface area contributed by atoms with Gasteiger partial charge in [-0.25, -0.2) is 9.48 Å². The number of carbonyl (C=O) groups excluding carboxylic acids is 1. The zero-order valence-corrected chi connectivity index (χ0v) is 20.6. The van der Waals surface area contributed by atoms with Crippen molar-refractivity contribution in [3.05, 3.63) is 94.1 Å². The Morgan fingerprint density at radius 1 is 1.00 bits per heavy atom.